The van der Waals surface area contributed by atoms with E-state index in [-0.39, 0.29) is 11.4 Å². The predicted octanol–water partition coefficient (Wildman–Crippen LogP) is 4.78. The van der Waals surface area contributed by atoms with Crippen molar-refractivity contribution in [2.24, 2.45) is 0 Å². The molecule has 0 saturated carbocycles. The fourth-order valence-electron chi connectivity index (χ4n) is 2.17. The fourth-order valence-corrected chi connectivity index (χ4v) is 2.17. The highest BCUT2D eigenvalue weighted by molar-refractivity contribution is 5.88. The van der Waals surface area contributed by atoms with Crippen LogP contribution in [0.2, 0.25) is 0 Å². The summed E-state index contributed by atoms with van der Waals surface area (Å²) in [6.07, 6.45) is 6.28. The zero-order valence-electron chi connectivity index (χ0n) is 14.6. The molecule has 0 unspecified atom stereocenters. The Hall–Kier alpha value is -3.15. The van der Waals surface area contributed by atoms with Crippen LogP contribution in [0.5, 0.6) is 11.5 Å². The van der Waals surface area contributed by atoms with Crippen LogP contribution in [-0.4, -0.2) is 17.5 Å². The second-order valence-corrected chi connectivity index (χ2v) is 5.63. The average molecular weight is 355 g/mol. The number of hydrogen-bond donors (Lipinski definition) is 0. The molecule has 0 saturated heterocycles. The molecule has 0 bridgehead atoms. The van der Waals surface area contributed by atoms with Gasteiger partial charge in [-0.3, -0.25) is 10.1 Å². The lowest BCUT2D eigenvalue weighted by Crippen LogP contribution is -2.03. The van der Waals surface area contributed by atoms with Gasteiger partial charge in [-0.1, -0.05) is 31.9 Å². The number of esters is 1. The molecule has 0 atom stereocenters. The minimum absolute atomic E-state index is 0.0580. The normalized spacial score (nSPS) is 10.7. The molecule has 2 rings (SSSR count). The van der Waals surface area contributed by atoms with Gasteiger partial charge in [0.1, 0.15) is 11.5 Å². The van der Waals surface area contributed by atoms with Crippen LogP contribution in [0.15, 0.2) is 54.6 Å². The molecule has 6 heteroatoms. The van der Waals surface area contributed by atoms with Crippen molar-refractivity contribution in [1.29, 1.82) is 0 Å². The van der Waals surface area contributed by atoms with Gasteiger partial charge in [0, 0.05) is 18.2 Å². The van der Waals surface area contributed by atoms with Gasteiger partial charge in [0.25, 0.3) is 5.69 Å². The van der Waals surface area contributed by atoms with Crippen LogP contribution in [-0.2, 0) is 4.79 Å². The smallest absolute Gasteiger partial charge is 0.336 e. The standard InChI is InChI=1S/C20H21NO5/c1-2-3-4-15-25-18-10-5-16(6-11-18)7-14-20(22)26-19-12-8-17(9-13-19)21(23)24/h5-14H,2-4,15H2,1H3. The van der Waals surface area contributed by atoms with Crippen molar-refractivity contribution in [3.8, 4) is 11.5 Å². The first-order valence-corrected chi connectivity index (χ1v) is 8.45. The zero-order valence-corrected chi connectivity index (χ0v) is 14.6. The molecule has 0 spiro atoms. The van der Waals surface area contributed by atoms with Gasteiger partial charge in [-0.15, -0.1) is 0 Å². The summed E-state index contributed by atoms with van der Waals surface area (Å²) in [4.78, 5) is 21.9. The number of unbranched alkanes of at least 4 members (excludes halogenated alkanes) is 2. The van der Waals surface area contributed by atoms with Gasteiger partial charge >= 0.3 is 5.97 Å². The number of nitro groups is 1. The van der Waals surface area contributed by atoms with Gasteiger partial charge in [0.15, 0.2) is 0 Å². The highest BCUT2D eigenvalue weighted by Gasteiger charge is 2.06. The van der Waals surface area contributed by atoms with E-state index >= 15 is 0 Å². The third-order valence-corrected chi connectivity index (χ3v) is 3.57. The number of carbonyl (C=O) groups excluding carboxylic acids is 1. The van der Waals surface area contributed by atoms with E-state index in [0.29, 0.717) is 6.61 Å². The van der Waals surface area contributed by atoms with E-state index in [1.54, 1.807) is 6.08 Å². The maximum Gasteiger partial charge on any atom is 0.336 e. The largest absolute Gasteiger partial charge is 0.494 e. The Kier molecular flexibility index (Phi) is 7.36. The summed E-state index contributed by atoms with van der Waals surface area (Å²) in [6.45, 7) is 2.85. The second kappa shape index (κ2) is 9.98. The minimum atomic E-state index is -0.557. The maximum absolute atomic E-state index is 11.8. The Bertz CT molecular complexity index is 751. The summed E-state index contributed by atoms with van der Waals surface area (Å²) < 4.78 is 10.7. The SMILES string of the molecule is CCCCCOc1ccc(C=CC(=O)Oc2ccc([N+](=O)[O-])cc2)cc1. The lowest BCUT2D eigenvalue weighted by Gasteiger charge is -2.05. The number of rotatable bonds is 9. The number of benzene rings is 2. The first kappa shape index (κ1) is 19.2. The summed E-state index contributed by atoms with van der Waals surface area (Å²) in [5.41, 5.74) is 0.781. The summed E-state index contributed by atoms with van der Waals surface area (Å²) in [5.74, 6) is 0.492. The number of nitrogens with zero attached hydrogens (tertiary/aromatic N) is 1. The topological polar surface area (TPSA) is 78.7 Å². The van der Waals surface area contributed by atoms with Gasteiger partial charge in [0.05, 0.1) is 11.5 Å². The zero-order chi connectivity index (χ0) is 18.8. The molecular weight excluding hydrogens is 334 g/mol. The first-order chi connectivity index (χ1) is 12.6. The van der Waals surface area contributed by atoms with Crippen molar-refractivity contribution >= 4 is 17.7 Å². The lowest BCUT2D eigenvalue weighted by molar-refractivity contribution is -0.384. The van der Waals surface area contributed by atoms with Crippen molar-refractivity contribution < 1.29 is 19.2 Å². The highest BCUT2D eigenvalue weighted by atomic mass is 16.6. The third-order valence-electron chi connectivity index (χ3n) is 3.57. The molecular formula is C20H21NO5. The molecule has 0 radical (unpaired) electrons. The van der Waals surface area contributed by atoms with Crippen LogP contribution in [0.25, 0.3) is 6.08 Å². The van der Waals surface area contributed by atoms with E-state index in [9.17, 15) is 14.9 Å². The molecule has 2 aromatic carbocycles. The van der Waals surface area contributed by atoms with Crippen LogP contribution in [0, 0.1) is 10.1 Å². The molecule has 0 aliphatic carbocycles. The van der Waals surface area contributed by atoms with E-state index in [1.165, 1.54) is 30.3 Å². The number of hydrogen-bond acceptors (Lipinski definition) is 5. The van der Waals surface area contributed by atoms with Gasteiger partial charge < -0.3 is 9.47 Å². The Morgan fingerprint density at radius 3 is 2.31 bits per heavy atom. The van der Waals surface area contributed by atoms with Crippen LogP contribution in [0.3, 0.4) is 0 Å². The van der Waals surface area contributed by atoms with Gasteiger partial charge in [-0.05, 0) is 42.3 Å². The number of carbonyl (C=O) groups is 1. The Morgan fingerprint density at radius 1 is 1.04 bits per heavy atom. The van der Waals surface area contributed by atoms with Crippen molar-refractivity contribution in [2.75, 3.05) is 6.61 Å². The second-order valence-electron chi connectivity index (χ2n) is 5.63. The third kappa shape index (κ3) is 6.39. The number of ether oxygens (including phenoxy) is 2. The Labute approximate surface area is 152 Å². The molecule has 0 aliphatic heterocycles. The molecule has 2 aromatic rings. The fraction of sp³-hybridized carbons (Fsp3) is 0.250. The Balaban J connectivity index is 1.84. The first-order valence-electron chi connectivity index (χ1n) is 8.45. The Morgan fingerprint density at radius 2 is 1.69 bits per heavy atom. The average Bonchev–Trinajstić information content (AvgIpc) is 2.65. The monoisotopic (exact) mass is 355 g/mol. The summed E-state index contributed by atoms with van der Waals surface area (Å²) >= 11 is 0. The quantitative estimate of drug-likeness (QED) is 0.161. The van der Waals surface area contributed by atoms with Crippen molar-refractivity contribution in [2.45, 2.75) is 26.2 Å². The molecule has 6 nitrogen and oxygen atoms in total. The summed E-state index contributed by atoms with van der Waals surface area (Å²) in [5, 5.41) is 10.6. The molecule has 0 aliphatic rings. The highest BCUT2D eigenvalue weighted by Crippen LogP contribution is 2.18. The molecule has 0 N–H and O–H groups in total. The molecule has 0 amide bonds. The lowest BCUT2D eigenvalue weighted by atomic mass is 10.2. The summed E-state index contributed by atoms with van der Waals surface area (Å²) in [6, 6.07) is 12.7. The van der Waals surface area contributed by atoms with Crippen molar-refractivity contribution in [3.05, 3.63) is 70.3 Å². The van der Waals surface area contributed by atoms with E-state index in [0.717, 1.165) is 30.6 Å². The van der Waals surface area contributed by atoms with Gasteiger partial charge in [-0.25, -0.2) is 4.79 Å². The minimum Gasteiger partial charge on any atom is -0.494 e. The maximum atomic E-state index is 11.8. The van der Waals surface area contributed by atoms with Crippen molar-refractivity contribution in [3.63, 3.8) is 0 Å². The number of non-ortho nitro benzene ring substituents is 1. The molecule has 0 fully saturated rings. The van der Waals surface area contributed by atoms with Crippen LogP contribution in [0.1, 0.15) is 31.7 Å². The van der Waals surface area contributed by atoms with E-state index < -0.39 is 10.9 Å². The van der Waals surface area contributed by atoms with Crippen LogP contribution in [0.4, 0.5) is 5.69 Å². The van der Waals surface area contributed by atoms with Crippen LogP contribution < -0.4 is 9.47 Å². The molecule has 26 heavy (non-hydrogen) atoms. The molecule has 0 heterocycles. The van der Waals surface area contributed by atoms with E-state index in [2.05, 4.69) is 6.92 Å². The van der Waals surface area contributed by atoms with E-state index in [4.69, 9.17) is 9.47 Å². The molecule has 136 valence electrons. The summed E-state index contributed by atoms with van der Waals surface area (Å²) in [7, 11) is 0. The molecule has 0 aromatic heterocycles. The number of nitro benzene ring substituents is 1. The van der Waals surface area contributed by atoms with E-state index in [1.807, 2.05) is 24.3 Å². The predicted molar refractivity (Wildman–Crippen MR) is 99.2 cm³/mol. The van der Waals surface area contributed by atoms with Gasteiger partial charge in [-0.2, -0.15) is 0 Å². The van der Waals surface area contributed by atoms with Crippen molar-refractivity contribution in [1.82, 2.24) is 0 Å². The van der Waals surface area contributed by atoms with Crippen LogP contribution >= 0.6 is 0 Å². The van der Waals surface area contributed by atoms with Gasteiger partial charge in [0.2, 0.25) is 0 Å².